The molecule has 0 heterocycles. The summed E-state index contributed by atoms with van der Waals surface area (Å²) < 4.78 is 5.27. The van der Waals surface area contributed by atoms with Gasteiger partial charge in [-0.3, -0.25) is 0 Å². The first-order valence-corrected chi connectivity index (χ1v) is 6.75. The molecule has 0 radical (unpaired) electrons. The Kier molecular flexibility index (Phi) is 4.51. The van der Waals surface area contributed by atoms with Crippen molar-refractivity contribution in [2.45, 2.75) is 13.5 Å². The number of ether oxygens (including phenoxy) is 1. The summed E-state index contributed by atoms with van der Waals surface area (Å²) >= 11 is 0. The number of aryl methyl sites for hydroxylation is 1. The fourth-order valence-electron chi connectivity index (χ4n) is 2.10. The van der Waals surface area contributed by atoms with E-state index in [4.69, 9.17) is 4.74 Å². The maximum absolute atomic E-state index is 5.27. The van der Waals surface area contributed by atoms with Gasteiger partial charge in [0.2, 0.25) is 0 Å². The summed E-state index contributed by atoms with van der Waals surface area (Å²) in [4.78, 5) is 2.10. The van der Waals surface area contributed by atoms with E-state index in [0.29, 0.717) is 0 Å². The van der Waals surface area contributed by atoms with Gasteiger partial charge in [0, 0.05) is 32.0 Å². The summed E-state index contributed by atoms with van der Waals surface area (Å²) in [5.74, 6) is 0.922. The predicted octanol–water partition coefficient (Wildman–Crippen LogP) is 3.68. The minimum Gasteiger partial charge on any atom is -0.496 e. The van der Waals surface area contributed by atoms with E-state index in [1.807, 2.05) is 26.2 Å². The molecule has 3 nitrogen and oxygen atoms in total. The number of nitrogens with zero attached hydrogens (tertiary/aromatic N) is 1. The normalized spacial score (nSPS) is 10.2. The molecule has 1 N–H and O–H groups in total. The topological polar surface area (TPSA) is 24.5 Å². The van der Waals surface area contributed by atoms with Crippen LogP contribution in [0.2, 0.25) is 0 Å². The van der Waals surface area contributed by atoms with Crippen molar-refractivity contribution in [3.63, 3.8) is 0 Å². The standard InChI is InChI=1S/C17H22N2O/c1-13-11-15(7-10-17(13)20-4)18-12-14-5-8-16(9-6-14)19(2)3/h5-11,18H,12H2,1-4H3. The van der Waals surface area contributed by atoms with Crippen LogP contribution in [0.4, 0.5) is 11.4 Å². The van der Waals surface area contributed by atoms with Crippen molar-refractivity contribution in [2.75, 3.05) is 31.4 Å². The van der Waals surface area contributed by atoms with Crippen molar-refractivity contribution in [2.24, 2.45) is 0 Å². The van der Waals surface area contributed by atoms with Crippen LogP contribution in [0.15, 0.2) is 42.5 Å². The number of hydrogen-bond donors (Lipinski definition) is 1. The molecule has 0 spiro atoms. The van der Waals surface area contributed by atoms with Crippen LogP contribution >= 0.6 is 0 Å². The fourth-order valence-corrected chi connectivity index (χ4v) is 2.10. The zero-order valence-electron chi connectivity index (χ0n) is 12.6. The molecule has 0 bridgehead atoms. The van der Waals surface area contributed by atoms with Gasteiger partial charge < -0.3 is 15.0 Å². The summed E-state index contributed by atoms with van der Waals surface area (Å²) in [5, 5.41) is 3.43. The summed E-state index contributed by atoms with van der Waals surface area (Å²) in [6, 6.07) is 14.7. The monoisotopic (exact) mass is 270 g/mol. The molecule has 0 saturated heterocycles. The van der Waals surface area contributed by atoms with E-state index in [1.165, 1.54) is 11.3 Å². The van der Waals surface area contributed by atoms with Gasteiger partial charge in [-0.15, -0.1) is 0 Å². The van der Waals surface area contributed by atoms with Crippen molar-refractivity contribution in [1.82, 2.24) is 0 Å². The van der Waals surface area contributed by atoms with E-state index in [1.54, 1.807) is 7.11 Å². The smallest absolute Gasteiger partial charge is 0.121 e. The number of nitrogens with one attached hydrogen (secondary N) is 1. The Bertz CT molecular complexity index is 562. The van der Waals surface area contributed by atoms with Gasteiger partial charge in [0.25, 0.3) is 0 Å². The molecule has 0 fully saturated rings. The zero-order chi connectivity index (χ0) is 14.5. The van der Waals surface area contributed by atoms with Crippen LogP contribution in [-0.4, -0.2) is 21.2 Å². The SMILES string of the molecule is COc1ccc(NCc2ccc(N(C)C)cc2)cc1C. The molecular weight excluding hydrogens is 248 g/mol. The summed E-state index contributed by atoms with van der Waals surface area (Å²) in [6.45, 7) is 2.87. The lowest BCUT2D eigenvalue weighted by Gasteiger charge is -2.13. The van der Waals surface area contributed by atoms with E-state index >= 15 is 0 Å². The Morgan fingerprint density at radius 1 is 1.05 bits per heavy atom. The first-order chi connectivity index (χ1) is 9.60. The van der Waals surface area contributed by atoms with Crippen molar-refractivity contribution in [3.8, 4) is 5.75 Å². The molecule has 0 amide bonds. The second kappa shape index (κ2) is 6.33. The first kappa shape index (κ1) is 14.3. The molecule has 2 rings (SSSR count). The average Bonchev–Trinajstić information content (AvgIpc) is 2.45. The molecule has 0 aliphatic carbocycles. The van der Waals surface area contributed by atoms with E-state index in [2.05, 4.69) is 47.5 Å². The third-order valence-corrected chi connectivity index (χ3v) is 3.34. The Hall–Kier alpha value is -2.16. The van der Waals surface area contributed by atoms with Crippen LogP contribution in [0.1, 0.15) is 11.1 Å². The van der Waals surface area contributed by atoms with Crippen LogP contribution < -0.4 is 15.0 Å². The lowest BCUT2D eigenvalue weighted by Crippen LogP contribution is -2.08. The second-order valence-corrected chi connectivity index (χ2v) is 5.10. The van der Waals surface area contributed by atoms with Gasteiger partial charge in [-0.25, -0.2) is 0 Å². The van der Waals surface area contributed by atoms with Crippen molar-refractivity contribution < 1.29 is 4.74 Å². The van der Waals surface area contributed by atoms with Crippen LogP contribution in [0.3, 0.4) is 0 Å². The Balaban J connectivity index is 1.99. The van der Waals surface area contributed by atoms with E-state index in [9.17, 15) is 0 Å². The molecule has 0 aliphatic heterocycles. The van der Waals surface area contributed by atoms with Gasteiger partial charge >= 0.3 is 0 Å². The maximum atomic E-state index is 5.27. The van der Waals surface area contributed by atoms with Crippen molar-refractivity contribution >= 4 is 11.4 Å². The quantitative estimate of drug-likeness (QED) is 0.897. The average molecular weight is 270 g/mol. The Morgan fingerprint density at radius 2 is 1.75 bits per heavy atom. The molecule has 2 aromatic rings. The van der Waals surface area contributed by atoms with Gasteiger partial charge in [-0.05, 0) is 48.4 Å². The highest BCUT2D eigenvalue weighted by Gasteiger charge is 2.00. The van der Waals surface area contributed by atoms with Crippen LogP contribution in [0.25, 0.3) is 0 Å². The van der Waals surface area contributed by atoms with Crippen LogP contribution in [-0.2, 0) is 6.54 Å². The lowest BCUT2D eigenvalue weighted by molar-refractivity contribution is 0.412. The fraction of sp³-hybridized carbons (Fsp3) is 0.294. The van der Waals surface area contributed by atoms with E-state index in [0.717, 1.165) is 23.5 Å². The Morgan fingerprint density at radius 3 is 2.30 bits per heavy atom. The molecule has 0 aliphatic rings. The predicted molar refractivity (Wildman–Crippen MR) is 85.8 cm³/mol. The number of rotatable bonds is 5. The summed E-state index contributed by atoms with van der Waals surface area (Å²) in [6.07, 6.45) is 0. The molecule has 0 unspecified atom stereocenters. The van der Waals surface area contributed by atoms with Crippen LogP contribution in [0, 0.1) is 6.92 Å². The van der Waals surface area contributed by atoms with Gasteiger partial charge in [-0.1, -0.05) is 12.1 Å². The minimum atomic E-state index is 0.819. The molecular formula is C17H22N2O. The molecule has 0 atom stereocenters. The maximum Gasteiger partial charge on any atom is 0.121 e. The molecule has 0 saturated carbocycles. The van der Waals surface area contributed by atoms with Gasteiger partial charge in [0.05, 0.1) is 7.11 Å². The largest absolute Gasteiger partial charge is 0.496 e. The molecule has 20 heavy (non-hydrogen) atoms. The number of hydrogen-bond acceptors (Lipinski definition) is 3. The molecule has 2 aromatic carbocycles. The lowest BCUT2D eigenvalue weighted by atomic mass is 10.1. The molecule has 106 valence electrons. The highest BCUT2D eigenvalue weighted by molar-refractivity contribution is 5.52. The summed E-state index contributed by atoms with van der Waals surface area (Å²) in [5.41, 5.74) is 4.73. The van der Waals surface area contributed by atoms with Crippen LogP contribution in [0.5, 0.6) is 5.75 Å². The van der Waals surface area contributed by atoms with E-state index < -0.39 is 0 Å². The third kappa shape index (κ3) is 3.44. The minimum absolute atomic E-state index is 0.819. The zero-order valence-corrected chi connectivity index (χ0v) is 12.6. The van der Waals surface area contributed by atoms with Crippen molar-refractivity contribution in [3.05, 3.63) is 53.6 Å². The molecule has 0 aromatic heterocycles. The molecule has 3 heteroatoms. The number of methoxy groups -OCH3 is 1. The van der Waals surface area contributed by atoms with Gasteiger partial charge in [-0.2, -0.15) is 0 Å². The summed E-state index contributed by atoms with van der Waals surface area (Å²) in [7, 11) is 5.79. The number of anilines is 2. The van der Waals surface area contributed by atoms with Crippen molar-refractivity contribution in [1.29, 1.82) is 0 Å². The van der Waals surface area contributed by atoms with E-state index in [-0.39, 0.29) is 0 Å². The number of benzene rings is 2. The second-order valence-electron chi connectivity index (χ2n) is 5.10. The van der Waals surface area contributed by atoms with Gasteiger partial charge in [0.1, 0.15) is 5.75 Å². The highest BCUT2D eigenvalue weighted by Crippen LogP contribution is 2.22. The highest BCUT2D eigenvalue weighted by atomic mass is 16.5. The third-order valence-electron chi connectivity index (χ3n) is 3.34. The van der Waals surface area contributed by atoms with Gasteiger partial charge in [0.15, 0.2) is 0 Å². The Labute approximate surface area is 121 Å². The first-order valence-electron chi connectivity index (χ1n) is 6.75.